The number of β-lactam (4-membered cyclic amide) rings is 1. The van der Waals surface area contributed by atoms with Gasteiger partial charge in [-0.1, -0.05) is 60.7 Å². The second-order valence-corrected chi connectivity index (χ2v) is 5.52. The van der Waals surface area contributed by atoms with E-state index in [1.54, 1.807) is 0 Å². The predicted molar refractivity (Wildman–Crippen MR) is 85.4 cm³/mol. The van der Waals surface area contributed by atoms with Crippen molar-refractivity contribution in [1.82, 2.24) is 4.90 Å². The van der Waals surface area contributed by atoms with Gasteiger partial charge in [0, 0.05) is 6.54 Å². The number of hydrogen-bond donors (Lipinski definition) is 1. The van der Waals surface area contributed by atoms with Crippen molar-refractivity contribution in [3.63, 3.8) is 0 Å². The first-order chi connectivity index (χ1) is 11.1. The zero-order valence-corrected chi connectivity index (χ0v) is 12.6. The van der Waals surface area contributed by atoms with Crippen molar-refractivity contribution in [3.05, 3.63) is 71.8 Å². The first-order valence-electron chi connectivity index (χ1n) is 7.49. The third kappa shape index (κ3) is 3.40. The molecule has 0 radical (unpaired) electrons. The number of rotatable bonds is 5. The molecule has 1 heterocycles. The fourth-order valence-corrected chi connectivity index (χ4v) is 2.58. The molecule has 2 aromatic carbocycles. The number of amides is 1. The van der Waals surface area contributed by atoms with E-state index in [-0.39, 0.29) is 12.5 Å². The highest BCUT2D eigenvalue weighted by Crippen LogP contribution is 2.26. The molecule has 0 saturated carbocycles. The Labute approximate surface area is 134 Å². The van der Waals surface area contributed by atoms with Gasteiger partial charge in [0.25, 0.3) is 0 Å². The average Bonchev–Trinajstić information content (AvgIpc) is 2.60. The Kier molecular flexibility index (Phi) is 4.39. The quantitative estimate of drug-likeness (QED) is 0.671. The van der Waals surface area contributed by atoms with Gasteiger partial charge in [0.15, 0.2) is 6.10 Å². The monoisotopic (exact) mass is 310 g/mol. The van der Waals surface area contributed by atoms with Gasteiger partial charge in [-0.15, -0.1) is 0 Å². The minimum absolute atomic E-state index is 0.0668. The third-order valence-corrected chi connectivity index (χ3v) is 3.82. The van der Waals surface area contributed by atoms with E-state index in [1.165, 1.54) is 4.90 Å². The van der Waals surface area contributed by atoms with Crippen molar-refractivity contribution in [2.24, 2.45) is 5.73 Å². The largest absolute Gasteiger partial charge is 0.451 e. The number of nitrogens with two attached hydrogens (primary N) is 1. The van der Waals surface area contributed by atoms with Crippen LogP contribution in [0, 0.1) is 0 Å². The van der Waals surface area contributed by atoms with Crippen molar-refractivity contribution >= 4 is 11.9 Å². The second kappa shape index (κ2) is 6.62. The first kappa shape index (κ1) is 15.2. The molecule has 1 saturated heterocycles. The summed E-state index contributed by atoms with van der Waals surface area (Å²) in [5.41, 5.74) is 7.30. The van der Waals surface area contributed by atoms with E-state index in [1.807, 2.05) is 60.7 Å². The third-order valence-electron chi connectivity index (χ3n) is 3.82. The molecular formula is C18H18N2O3. The summed E-state index contributed by atoms with van der Waals surface area (Å²) in [5, 5.41) is 0. The smallest absolute Gasteiger partial charge is 0.326 e. The fourth-order valence-electron chi connectivity index (χ4n) is 2.58. The summed E-state index contributed by atoms with van der Waals surface area (Å²) in [7, 11) is 0. The number of ether oxygens (including phenoxy) is 1. The standard InChI is InChI=1S/C18H18N2O3/c19-15-11-20(18(15)22)12-16(21)23-17(13-7-3-1-4-8-13)14-9-5-2-6-10-14/h1-10,15,17H,11-12,19H2. The van der Waals surface area contributed by atoms with Crippen LogP contribution in [0.5, 0.6) is 0 Å². The van der Waals surface area contributed by atoms with Crippen molar-refractivity contribution in [2.75, 3.05) is 13.1 Å². The van der Waals surface area contributed by atoms with E-state index in [2.05, 4.69) is 0 Å². The van der Waals surface area contributed by atoms with Crippen LogP contribution in [0.25, 0.3) is 0 Å². The van der Waals surface area contributed by atoms with Crippen molar-refractivity contribution in [3.8, 4) is 0 Å². The van der Waals surface area contributed by atoms with E-state index in [4.69, 9.17) is 10.5 Å². The van der Waals surface area contributed by atoms with Gasteiger partial charge in [0.05, 0.1) is 0 Å². The van der Waals surface area contributed by atoms with E-state index in [9.17, 15) is 9.59 Å². The highest BCUT2D eigenvalue weighted by atomic mass is 16.5. The number of carbonyl (C=O) groups excluding carboxylic acids is 2. The van der Waals surface area contributed by atoms with Gasteiger partial charge in [-0.2, -0.15) is 0 Å². The summed E-state index contributed by atoms with van der Waals surface area (Å²) in [6, 6.07) is 18.6. The Balaban J connectivity index is 1.74. The number of esters is 1. The molecule has 0 bridgehead atoms. The summed E-state index contributed by atoms with van der Waals surface area (Å²) in [5.74, 6) is -0.652. The van der Waals surface area contributed by atoms with Crippen LogP contribution in [-0.4, -0.2) is 35.9 Å². The Morgan fingerprint density at radius 1 is 1.09 bits per heavy atom. The summed E-state index contributed by atoms with van der Waals surface area (Å²) in [6.07, 6.45) is -0.491. The molecule has 0 aliphatic carbocycles. The van der Waals surface area contributed by atoms with Crippen LogP contribution in [-0.2, 0) is 14.3 Å². The molecule has 1 atom stereocenters. The Morgan fingerprint density at radius 3 is 2.04 bits per heavy atom. The van der Waals surface area contributed by atoms with Crippen molar-refractivity contribution in [1.29, 1.82) is 0 Å². The maximum Gasteiger partial charge on any atom is 0.326 e. The molecule has 2 N–H and O–H groups in total. The highest BCUT2D eigenvalue weighted by Gasteiger charge is 2.35. The number of likely N-dealkylation sites (tertiary alicyclic amines) is 1. The topological polar surface area (TPSA) is 72.6 Å². The molecule has 2 aromatic rings. The number of benzene rings is 2. The van der Waals surface area contributed by atoms with Gasteiger partial charge < -0.3 is 15.4 Å². The predicted octanol–water partition coefficient (Wildman–Crippen LogP) is 1.49. The Hall–Kier alpha value is -2.66. The van der Waals surface area contributed by atoms with Crippen LogP contribution in [0.4, 0.5) is 0 Å². The van der Waals surface area contributed by atoms with Gasteiger partial charge in [-0.3, -0.25) is 9.59 Å². The van der Waals surface area contributed by atoms with E-state index in [0.29, 0.717) is 6.54 Å². The lowest BCUT2D eigenvalue weighted by Crippen LogP contribution is -2.62. The van der Waals surface area contributed by atoms with E-state index >= 15 is 0 Å². The summed E-state index contributed by atoms with van der Waals surface area (Å²) >= 11 is 0. The van der Waals surface area contributed by atoms with E-state index < -0.39 is 18.1 Å². The minimum atomic E-state index is -0.491. The zero-order chi connectivity index (χ0) is 16.2. The Morgan fingerprint density at radius 2 is 1.61 bits per heavy atom. The molecule has 5 heteroatoms. The van der Waals surface area contributed by atoms with Gasteiger partial charge >= 0.3 is 5.97 Å². The molecule has 0 spiro atoms. The molecular weight excluding hydrogens is 292 g/mol. The lowest BCUT2D eigenvalue weighted by molar-refractivity contribution is -0.157. The Bertz CT molecular complexity index is 648. The lowest BCUT2D eigenvalue weighted by atomic mass is 10.0. The van der Waals surface area contributed by atoms with Crippen molar-refractivity contribution < 1.29 is 14.3 Å². The van der Waals surface area contributed by atoms with Crippen LogP contribution >= 0.6 is 0 Å². The van der Waals surface area contributed by atoms with Crippen molar-refractivity contribution in [2.45, 2.75) is 12.1 Å². The molecule has 118 valence electrons. The number of hydrogen-bond acceptors (Lipinski definition) is 4. The van der Waals surface area contributed by atoms with Crippen LogP contribution in [0.2, 0.25) is 0 Å². The molecule has 1 aliphatic heterocycles. The molecule has 1 aliphatic rings. The second-order valence-electron chi connectivity index (χ2n) is 5.52. The molecule has 23 heavy (non-hydrogen) atoms. The lowest BCUT2D eigenvalue weighted by Gasteiger charge is -2.35. The SMILES string of the molecule is NC1CN(CC(=O)OC(c2ccccc2)c2ccccc2)C1=O. The molecule has 0 aromatic heterocycles. The summed E-state index contributed by atoms with van der Waals surface area (Å²) in [4.78, 5) is 25.1. The van der Waals surface area contributed by atoms with Crippen LogP contribution in [0.15, 0.2) is 60.7 Å². The van der Waals surface area contributed by atoms with Crippen LogP contribution in [0.1, 0.15) is 17.2 Å². The summed E-state index contributed by atoms with van der Waals surface area (Å²) in [6.45, 7) is 0.331. The molecule has 1 fully saturated rings. The van der Waals surface area contributed by atoms with Crippen LogP contribution in [0.3, 0.4) is 0 Å². The maximum atomic E-state index is 12.2. The number of carbonyl (C=O) groups is 2. The number of nitrogens with zero attached hydrogens (tertiary/aromatic N) is 1. The normalized spacial score (nSPS) is 17.0. The first-order valence-corrected chi connectivity index (χ1v) is 7.49. The molecule has 1 amide bonds. The fraction of sp³-hybridized carbons (Fsp3) is 0.222. The molecule has 5 nitrogen and oxygen atoms in total. The molecule has 3 rings (SSSR count). The van der Waals surface area contributed by atoms with Gasteiger partial charge in [-0.25, -0.2) is 0 Å². The minimum Gasteiger partial charge on any atom is -0.451 e. The van der Waals surface area contributed by atoms with Gasteiger partial charge in [0.2, 0.25) is 5.91 Å². The van der Waals surface area contributed by atoms with Crippen LogP contribution < -0.4 is 5.73 Å². The highest BCUT2D eigenvalue weighted by molar-refractivity contribution is 5.90. The zero-order valence-electron chi connectivity index (χ0n) is 12.6. The molecule has 1 unspecified atom stereocenters. The van der Waals surface area contributed by atoms with Gasteiger partial charge in [-0.05, 0) is 11.1 Å². The van der Waals surface area contributed by atoms with Gasteiger partial charge in [0.1, 0.15) is 12.6 Å². The summed E-state index contributed by atoms with van der Waals surface area (Å²) < 4.78 is 5.64. The average molecular weight is 310 g/mol. The van der Waals surface area contributed by atoms with E-state index in [0.717, 1.165) is 11.1 Å². The maximum absolute atomic E-state index is 12.2.